The summed E-state index contributed by atoms with van der Waals surface area (Å²) in [5.41, 5.74) is 0. The van der Waals surface area contributed by atoms with Crippen molar-refractivity contribution in [3.8, 4) is 0 Å². The quantitative estimate of drug-likeness (QED) is 0.566. The van der Waals surface area contributed by atoms with Crippen LogP contribution in [-0.2, 0) is 14.3 Å². The fourth-order valence-electron chi connectivity index (χ4n) is 1.04. The summed E-state index contributed by atoms with van der Waals surface area (Å²) >= 11 is 0. The Hall–Kier alpha value is -1.65. The number of carbonyl (C=O) groups is 2. The number of aromatic nitrogens is 1. The standard InChI is InChI=1S/C10H12FNO3/c1-2-5-8(13)15-10(14)9(11)12-6-3-4-7-12/h3-4,6-7,9H,2,5H2,1H3. The molecule has 0 spiro atoms. The van der Waals surface area contributed by atoms with Gasteiger partial charge in [-0.05, 0) is 18.6 Å². The third-order valence-corrected chi connectivity index (χ3v) is 1.75. The predicted molar refractivity (Wildman–Crippen MR) is 50.6 cm³/mol. The van der Waals surface area contributed by atoms with Gasteiger partial charge < -0.3 is 9.30 Å². The fourth-order valence-corrected chi connectivity index (χ4v) is 1.04. The Morgan fingerprint density at radius 3 is 2.53 bits per heavy atom. The van der Waals surface area contributed by atoms with Crippen LogP contribution in [-0.4, -0.2) is 16.5 Å². The number of alkyl halides is 1. The molecule has 0 radical (unpaired) electrons. The highest BCUT2D eigenvalue weighted by Crippen LogP contribution is 2.11. The Labute approximate surface area is 86.6 Å². The number of hydrogen-bond donors (Lipinski definition) is 0. The molecule has 1 aromatic heterocycles. The smallest absolute Gasteiger partial charge is 0.369 e. The van der Waals surface area contributed by atoms with Crippen LogP contribution in [0.25, 0.3) is 0 Å². The second-order valence-electron chi connectivity index (χ2n) is 3.01. The lowest BCUT2D eigenvalue weighted by Gasteiger charge is -2.08. The van der Waals surface area contributed by atoms with E-state index in [4.69, 9.17) is 0 Å². The SMILES string of the molecule is CCCC(=O)OC(=O)C(F)n1cccc1. The molecule has 0 aliphatic rings. The van der Waals surface area contributed by atoms with Crippen LogP contribution in [0.15, 0.2) is 24.5 Å². The van der Waals surface area contributed by atoms with Crippen molar-refractivity contribution >= 4 is 11.9 Å². The first-order chi connectivity index (χ1) is 7.15. The molecule has 0 saturated carbocycles. The summed E-state index contributed by atoms with van der Waals surface area (Å²) in [5, 5.41) is 0. The van der Waals surface area contributed by atoms with Gasteiger partial charge in [-0.15, -0.1) is 0 Å². The maximum atomic E-state index is 13.3. The van der Waals surface area contributed by atoms with Crippen molar-refractivity contribution in [3.05, 3.63) is 24.5 Å². The van der Waals surface area contributed by atoms with Crippen LogP contribution in [0.4, 0.5) is 4.39 Å². The Morgan fingerprint density at radius 1 is 1.40 bits per heavy atom. The van der Waals surface area contributed by atoms with Crippen molar-refractivity contribution in [2.75, 3.05) is 0 Å². The lowest BCUT2D eigenvalue weighted by molar-refractivity contribution is -0.165. The zero-order valence-electron chi connectivity index (χ0n) is 8.35. The van der Waals surface area contributed by atoms with E-state index in [0.717, 1.165) is 4.57 Å². The summed E-state index contributed by atoms with van der Waals surface area (Å²) in [6.07, 6.45) is 1.49. The molecule has 0 aromatic carbocycles. The number of halogens is 1. The maximum absolute atomic E-state index is 13.3. The number of esters is 2. The molecular weight excluding hydrogens is 201 g/mol. The third kappa shape index (κ3) is 3.19. The molecule has 0 fully saturated rings. The monoisotopic (exact) mass is 213 g/mol. The summed E-state index contributed by atoms with van der Waals surface area (Å²) in [6, 6.07) is 3.15. The van der Waals surface area contributed by atoms with Crippen LogP contribution in [0.1, 0.15) is 26.1 Å². The summed E-state index contributed by atoms with van der Waals surface area (Å²) in [4.78, 5) is 22.0. The normalized spacial score (nSPS) is 12.1. The molecule has 0 N–H and O–H groups in total. The maximum Gasteiger partial charge on any atom is 0.369 e. The van der Waals surface area contributed by atoms with Crippen molar-refractivity contribution < 1.29 is 18.7 Å². The lowest BCUT2D eigenvalue weighted by Crippen LogP contribution is -2.20. The van der Waals surface area contributed by atoms with Gasteiger partial charge in [-0.2, -0.15) is 0 Å². The van der Waals surface area contributed by atoms with Gasteiger partial charge in [0.2, 0.25) is 0 Å². The highest BCUT2D eigenvalue weighted by Gasteiger charge is 2.22. The van der Waals surface area contributed by atoms with Gasteiger partial charge in [0.1, 0.15) is 0 Å². The van der Waals surface area contributed by atoms with Crippen LogP contribution < -0.4 is 0 Å². The Balaban J connectivity index is 2.51. The van der Waals surface area contributed by atoms with Gasteiger partial charge in [0.05, 0.1) is 0 Å². The third-order valence-electron chi connectivity index (χ3n) is 1.75. The molecule has 0 amide bonds. The van der Waals surface area contributed by atoms with E-state index in [0.29, 0.717) is 6.42 Å². The van der Waals surface area contributed by atoms with Gasteiger partial charge in [-0.3, -0.25) is 4.79 Å². The molecule has 0 aliphatic heterocycles. The fraction of sp³-hybridized carbons (Fsp3) is 0.400. The Kier molecular flexibility index (Phi) is 4.03. The number of hydrogen-bond acceptors (Lipinski definition) is 3. The Morgan fingerprint density at radius 2 is 2.00 bits per heavy atom. The van der Waals surface area contributed by atoms with Gasteiger partial charge in [-0.1, -0.05) is 6.92 Å². The van der Waals surface area contributed by atoms with E-state index in [1.165, 1.54) is 12.4 Å². The molecule has 0 saturated heterocycles. The summed E-state index contributed by atoms with van der Waals surface area (Å²) in [6.45, 7) is 1.77. The molecule has 5 heteroatoms. The topological polar surface area (TPSA) is 48.3 Å². The highest BCUT2D eigenvalue weighted by molar-refractivity contribution is 5.86. The minimum Gasteiger partial charge on any atom is -0.390 e. The van der Waals surface area contributed by atoms with Crippen LogP contribution in [0.2, 0.25) is 0 Å². The first kappa shape index (κ1) is 11.4. The first-order valence-corrected chi connectivity index (χ1v) is 4.66. The van der Waals surface area contributed by atoms with E-state index < -0.39 is 18.2 Å². The van der Waals surface area contributed by atoms with Gasteiger partial charge in [-0.25, -0.2) is 9.18 Å². The minimum atomic E-state index is -1.96. The molecule has 15 heavy (non-hydrogen) atoms. The predicted octanol–water partition coefficient (Wildman–Crippen LogP) is 1.83. The summed E-state index contributed by atoms with van der Waals surface area (Å²) in [5.74, 6) is -1.87. The van der Waals surface area contributed by atoms with Gasteiger partial charge in [0.15, 0.2) is 0 Å². The number of rotatable bonds is 4. The minimum absolute atomic E-state index is 0.115. The molecule has 1 aromatic rings. The number of ether oxygens (including phenoxy) is 1. The van der Waals surface area contributed by atoms with Gasteiger partial charge in [0, 0.05) is 18.8 Å². The molecule has 0 aliphatic carbocycles. The average molecular weight is 213 g/mol. The van der Waals surface area contributed by atoms with E-state index in [2.05, 4.69) is 4.74 Å². The molecular formula is C10H12FNO3. The molecule has 4 nitrogen and oxygen atoms in total. The molecule has 82 valence electrons. The van der Waals surface area contributed by atoms with Crippen LogP contribution in [0, 0.1) is 0 Å². The lowest BCUT2D eigenvalue weighted by atomic mass is 10.3. The zero-order chi connectivity index (χ0) is 11.3. The van der Waals surface area contributed by atoms with Gasteiger partial charge in [0.25, 0.3) is 6.30 Å². The van der Waals surface area contributed by atoms with Crippen LogP contribution in [0.5, 0.6) is 0 Å². The molecule has 1 rings (SSSR count). The van der Waals surface area contributed by atoms with Crippen molar-refractivity contribution in [1.82, 2.24) is 4.57 Å². The second-order valence-corrected chi connectivity index (χ2v) is 3.01. The van der Waals surface area contributed by atoms with E-state index >= 15 is 0 Å². The van der Waals surface area contributed by atoms with E-state index in [-0.39, 0.29) is 6.42 Å². The van der Waals surface area contributed by atoms with Gasteiger partial charge >= 0.3 is 11.9 Å². The highest BCUT2D eigenvalue weighted by atomic mass is 19.1. The van der Waals surface area contributed by atoms with E-state index in [9.17, 15) is 14.0 Å². The average Bonchev–Trinajstić information content (AvgIpc) is 2.69. The largest absolute Gasteiger partial charge is 0.390 e. The van der Waals surface area contributed by atoms with Crippen molar-refractivity contribution in [3.63, 3.8) is 0 Å². The van der Waals surface area contributed by atoms with Crippen LogP contribution >= 0.6 is 0 Å². The molecule has 0 bridgehead atoms. The zero-order valence-corrected chi connectivity index (χ0v) is 8.35. The second kappa shape index (κ2) is 5.29. The number of carbonyl (C=O) groups excluding carboxylic acids is 2. The number of nitrogens with zero attached hydrogens (tertiary/aromatic N) is 1. The molecule has 1 atom stereocenters. The van der Waals surface area contributed by atoms with Crippen LogP contribution in [0.3, 0.4) is 0 Å². The van der Waals surface area contributed by atoms with Crippen molar-refractivity contribution in [2.45, 2.75) is 26.1 Å². The summed E-state index contributed by atoms with van der Waals surface area (Å²) in [7, 11) is 0. The first-order valence-electron chi connectivity index (χ1n) is 4.66. The van der Waals surface area contributed by atoms with Crippen molar-refractivity contribution in [1.29, 1.82) is 0 Å². The van der Waals surface area contributed by atoms with E-state index in [1.54, 1.807) is 19.1 Å². The van der Waals surface area contributed by atoms with E-state index in [1.807, 2.05) is 0 Å². The molecule has 1 heterocycles. The summed E-state index contributed by atoms with van der Waals surface area (Å²) < 4.78 is 18.6. The Bertz CT molecular complexity index is 334. The molecule has 1 unspecified atom stereocenters. The van der Waals surface area contributed by atoms with Crippen molar-refractivity contribution in [2.24, 2.45) is 0 Å².